The third-order valence-electron chi connectivity index (χ3n) is 9.63. The number of likely N-dealkylation sites (N-methyl/N-ethyl adjacent to an activating group) is 3. The molecule has 0 radical (unpaired) electrons. The second-order valence-electron chi connectivity index (χ2n) is 15.3. The van der Waals surface area contributed by atoms with E-state index in [0.29, 0.717) is 0 Å². The molecule has 0 saturated carbocycles. The van der Waals surface area contributed by atoms with Crippen molar-refractivity contribution in [3.63, 3.8) is 0 Å². The van der Waals surface area contributed by atoms with E-state index < -0.39 is 95.7 Å². The fourth-order valence-electron chi connectivity index (χ4n) is 6.37. The lowest BCUT2D eigenvalue weighted by Crippen LogP contribution is -2.57. The highest BCUT2D eigenvalue weighted by molar-refractivity contribution is 5.94. The predicted octanol–water partition coefficient (Wildman–Crippen LogP) is 4.33. The summed E-state index contributed by atoms with van der Waals surface area (Å²) < 4.78 is 17.9. The fraction of sp³-hybridized carbons (Fsp3) is 0.561. The lowest BCUT2D eigenvalue weighted by molar-refractivity contribution is -0.180. The van der Waals surface area contributed by atoms with E-state index in [2.05, 4.69) is 0 Å². The van der Waals surface area contributed by atoms with E-state index in [1.165, 1.54) is 35.8 Å². The molecule has 6 atom stereocenters. The molecular weight excluding hydrogens is 678 g/mol. The van der Waals surface area contributed by atoms with Gasteiger partial charge in [-0.2, -0.15) is 0 Å². The molecule has 2 aromatic rings. The summed E-state index contributed by atoms with van der Waals surface area (Å²) in [7, 11) is 4.31. The van der Waals surface area contributed by atoms with Crippen molar-refractivity contribution in [2.45, 2.75) is 105 Å². The Hall–Kier alpha value is -4.74. The van der Waals surface area contributed by atoms with E-state index >= 15 is 0 Å². The third-order valence-corrected chi connectivity index (χ3v) is 9.63. The minimum absolute atomic E-state index is 0.0426. The second-order valence-corrected chi connectivity index (χ2v) is 15.3. The van der Waals surface area contributed by atoms with Crippen LogP contribution in [0.25, 0.3) is 0 Å². The van der Waals surface area contributed by atoms with Crippen molar-refractivity contribution in [2.75, 3.05) is 21.1 Å². The number of esters is 3. The van der Waals surface area contributed by atoms with Crippen LogP contribution < -0.4 is 0 Å². The van der Waals surface area contributed by atoms with Gasteiger partial charge in [0.1, 0.15) is 18.1 Å². The van der Waals surface area contributed by atoms with Gasteiger partial charge in [-0.1, -0.05) is 116 Å². The molecule has 3 amide bonds. The number of carbonyl (C=O) groups is 6. The molecule has 2 aromatic carbocycles. The molecule has 1 aliphatic rings. The standard InChI is InChI=1S/C41H57N3O9/c1-24(2)32-41(50)53-34(26(5)6)37(46)43(10)30(22-28-18-14-12-15-19-28)39(48)51-33(25(3)4)36(45)42(9)31(23-29-20-16-13-17-21-29)40(49)52-35(27(7)8)38(47)44(32)11/h12-21,24-27,30-35H,22-23H2,1-11H3. The first kappa shape index (κ1) is 42.7. The monoisotopic (exact) mass is 735 g/mol. The average Bonchev–Trinajstić information content (AvgIpc) is 3.11. The van der Waals surface area contributed by atoms with Crippen molar-refractivity contribution in [1.29, 1.82) is 0 Å². The van der Waals surface area contributed by atoms with E-state index in [0.717, 1.165) is 11.1 Å². The Bertz CT molecular complexity index is 1530. The van der Waals surface area contributed by atoms with Crippen LogP contribution in [0.15, 0.2) is 60.7 Å². The number of ether oxygens (including phenoxy) is 3. The van der Waals surface area contributed by atoms with Gasteiger partial charge in [0, 0.05) is 34.0 Å². The smallest absolute Gasteiger partial charge is 0.329 e. The van der Waals surface area contributed by atoms with E-state index in [9.17, 15) is 28.8 Å². The summed E-state index contributed by atoms with van der Waals surface area (Å²) in [6.45, 7) is 13.7. The molecule has 1 fully saturated rings. The van der Waals surface area contributed by atoms with Crippen molar-refractivity contribution < 1.29 is 43.0 Å². The summed E-state index contributed by atoms with van der Waals surface area (Å²) >= 11 is 0. The lowest BCUT2D eigenvalue weighted by Gasteiger charge is -2.37. The van der Waals surface area contributed by atoms with Crippen LogP contribution in [0.2, 0.25) is 0 Å². The maximum atomic E-state index is 14.3. The first-order valence-electron chi connectivity index (χ1n) is 18.4. The minimum Gasteiger partial charge on any atom is -0.450 e. The van der Waals surface area contributed by atoms with Crippen LogP contribution in [-0.2, 0) is 55.8 Å². The van der Waals surface area contributed by atoms with Crippen molar-refractivity contribution in [3.05, 3.63) is 71.8 Å². The summed E-state index contributed by atoms with van der Waals surface area (Å²) in [5, 5.41) is 0. The van der Waals surface area contributed by atoms with Gasteiger partial charge in [0.15, 0.2) is 18.3 Å². The van der Waals surface area contributed by atoms with Crippen LogP contribution in [0, 0.1) is 23.7 Å². The second kappa shape index (κ2) is 18.8. The Balaban J connectivity index is 2.23. The van der Waals surface area contributed by atoms with Crippen LogP contribution in [0.5, 0.6) is 0 Å². The summed E-state index contributed by atoms with van der Waals surface area (Å²) in [6.07, 6.45) is -3.91. The minimum atomic E-state index is -1.35. The zero-order valence-corrected chi connectivity index (χ0v) is 33.0. The van der Waals surface area contributed by atoms with Crippen LogP contribution >= 0.6 is 0 Å². The lowest BCUT2D eigenvalue weighted by atomic mass is 9.98. The SMILES string of the molecule is CC(C)C1OC(=O)C(Cc2ccccc2)N(C)C(=O)C(C(C)C)OC(=O)C(C(C)C)N(C)C(=O)C(C(C)C)OC(=O)C(Cc2ccccc2)N(C)C1=O. The van der Waals surface area contributed by atoms with E-state index in [-0.39, 0.29) is 12.8 Å². The highest BCUT2D eigenvalue weighted by atomic mass is 16.6. The van der Waals surface area contributed by atoms with Gasteiger partial charge in [0.25, 0.3) is 17.7 Å². The van der Waals surface area contributed by atoms with Gasteiger partial charge < -0.3 is 28.9 Å². The maximum Gasteiger partial charge on any atom is 0.329 e. The molecule has 53 heavy (non-hydrogen) atoms. The first-order valence-corrected chi connectivity index (χ1v) is 18.4. The molecule has 1 saturated heterocycles. The van der Waals surface area contributed by atoms with Gasteiger partial charge in [-0.15, -0.1) is 0 Å². The Morgan fingerprint density at radius 1 is 0.453 bits per heavy atom. The van der Waals surface area contributed by atoms with E-state index in [1.807, 2.05) is 12.1 Å². The topological polar surface area (TPSA) is 140 Å². The predicted molar refractivity (Wildman–Crippen MR) is 199 cm³/mol. The number of carbonyl (C=O) groups excluding carboxylic acids is 6. The van der Waals surface area contributed by atoms with Crippen LogP contribution in [0.3, 0.4) is 0 Å². The molecule has 0 bridgehead atoms. The molecule has 1 aliphatic heterocycles. The Morgan fingerprint density at radius 3 is 1.06 bits per heavy atom. The zero-order chi connectivity index (χ0) is 39.7. The quantitative estimate of drug-likeness (QED) is 0.287. The van der Waals surface area contributed by atoms with Gasteiger partial charge in [0.05, 0.1) is 0 Å². The number of nitrogens with zero attached hydrogens (tertiary/aromatic N) is 3. The van der Waals surface area contributed by atoms with Crippen LogP contribution in [0.1, 0.15) is 66.5 Å². The van der Waals surface area contributed by atoms with Crippen molar-refractivity contribution in [1.82, 2.24) is 14.7 Å². The third kappa shape index (κ3) is 10.7. The molecule has 12 heteroatoms. The molecule has 290 valence electrons. The largest absolute Gasteiger partial charge is 0.450 e. The molecule has 1 heterocycles. The van der Waals surface area contributed by atoms with Gasteiger partial charge in [-0.05, 0) is 34.8 Å². The first-order chi connectivity index (χ1) is 24.9. The number of hydrogen-bond donors (Lipinski definition) is 0. The van der Waals surface area contributed by atoms with E-state index in [4.69, 9.17) is 14.2 Å². The number of hydrogen-bond acceptors (Lipinski definition) is 9. The van der Waals surface area contributed by atoms with Gasteiger partial charge in [-0.25, -0.2) is 14.4 Å². The zero-order valence-electron chi connectivity index (χ0n) is 33.0. The normalized spacial score (nSPS) is 24.8. The van der Waals surface area contributed by atoms with Gasteiger partial charge in [-0.3, -0.25) is 14.4 Å². The molecule has 3 rings (SSSR count). The molecular formula is C41H57N3O9. The Kier molecular flexibility index (Phi) is 15.2. The van der Waals surface area contributed by atoms with Crippen LogP contribution in [-0.4, -0.2) is 108 Å². The van der Waals surface area contributed by atoms with Crippen molar-refractivity contribution >= 4 is 35.6 Å². The molecule has 0 N–H and O–H groups in total. The molecule has 0 aromatic heterocycles. The molecule has 0 spiro atoms. The highest BCUT2D eigenvalue weighted by Crippen LogP contribution is 2.24. The highest BCUT2D eigenvalue weighted by Gasteiger charge is 2.44. The number of amides is 3. The maximum absolute atomic E-state index is 14.3. The fourth-order valence-corrected chi connectivity index (χ4v) is 6.37. The number of benzene rings is 2. The van der Waals surface area contributed by atoms with Crippen molar-refractivity contribution in [3.8, 4) is 0 Å². The summed E-state index contributed by atoms with van der Waals surface area (Å²) in [4.78, 5) is 88.7. The van der Waals surface area contributed by atoms with Crippen LogP contribution in [0.4, 0.5) is 0 Å². The van der Waals surface area contributed by atoms with Gasteiger partial charge in [0.2, 0.25) is 0 Å². The molecule has 12 nitrogen and oxygen atoms in total. The van der Waals surface area contributed by atoms with Gasteiger partial charge >= 0.3 is 17.9 Å². The molecule has 0 aliphatic carbocycles. The Morgan fingerprint density at radius 2 is 0.755 bits per heavy atom. The number of cyclic esters (lactones) is 3. The summed E-state index contributed by atoms with van der Waals surface area (Å²) in [5.74, 6) is -6.49. The molecule has 6 unspecified atom stereocenters. The Labute approximate surface area is 314 Å². The van der Waals surface area contributed by atoms with E-state index in [1.54, 1.807) is 104 Å². The van der Waals surface area contributed by atoms with Crippen molar-refractivity contribution in [2.24, 2.45) is 23.7 Å². The summed E-state index contributed by atoms with van der Waals surface area (Å²) in [6, 6.07) is 14.5. The average molecular weight is 736 g/mol. The number of rotatable bonds is 8. The summed E-state index contributed by atoms with van der Waals surface area (Å²) in [5.41, 5.74) is 1.45.